The Balaban J connectivity index is 1.66. The highest BCUT2D eigenvalue weighted by Crippen LogP contribution is 2.37. The van der Waals surface area contributed by atoms with E-state index in [0.717, 1.165) is 23.5 Å². The summed E-state index contributed by atoms with van der Waals surface area (Å²) >= 11 is 0. The van der Waals surface area contributed by atoms with Gasteiger partial charge < -0.3 is 9.47 Å². The van der Waals surface area contributed by atoms with Gasteiger partial charge in [0.1, 0.15) is 23.9 Å². The predicted molar refractivity (Wildman–Crippen MR) is 114 cm³/mol. The predicted octanol–water partition coefficient (Wildman–Crippen LogP) is 5.54. The lowest BCUT2D eigenvalue weighted by atomic mass is 10.0. The number of ether oxygens (including phenoxy) is 2. The first-order chi connectivity index (χ1) is 15.5. The Morgan fingerprint density at radius 2 is 1.28 bits per heavy atom. The van der Waals surface area contributed by atoms with Gasteiger partial charge in [0.05, 0.1) is 9.85 Å². The van der Waals surface area contributed by atoms with E-state index in [0.29, 0.717) is 11.5 Å². The van der Waals surface area contributed by atoms with E-state index in [9.17, 15) is 20.2 Å². The van der Waals surface area contributed by atoms with Crippen LogP contribution in [0.15, 0.2) is 85.2 Å². The van der Waals surface area contributed by atoms with Gasteiger partial charge >= 0.3 is 0 Å². The topological polar surface area (TPSA) is 131 Å². The minimum atomic E-state index is -0.547. The summed E-state index contributed by atoms with van der Waals surface area (Å²) in [4.78, 5) is 28.5. The molecule has 2 heterocycles. The number of hydrogen-bond donors (Lipinski definition) is 0. The van der Waals surface area contributed by atoms with Crippen LogP contribution in [0.4, 0.5) is 11.4 Å². The maximum absolute atomic E-state index is 10.9. The Kier molecular flexibility index (Phi) is 5.66. The van der Waals surface area contributed by atoms with E-state index in [-0.39, 0.29) is 23.1 Å². The monoisotopic (exact) mass is 430 g/mol. The lowest BCUT2D eigenvalue weighted by molar-refractivity contribution is -0.385. The fraction of sp³-hybridized carbons (Fsp3) is 0. The molecule has 2 aromatic heterocycles. The first-order valence-corrected chi connectivity index (χ1v) is 9.26. The van der Waals surface area contributed by atoms with E-state index in [1.165, 1.54) is 24.3 Å². The number of hydrogen-bond acceptors (Lipinski definition) is 8. The molecule has 158 valence electrons. The zero-order valence-corrected chi connectivity index (χ0v) is 16.3. The van der Waals surface area contributed by atoms with Gasteiger partial charge in [-0.2, -0.15) is 0 Å². The van der Waals surface area contributed by atoms with Crippen LogP contribution in [0.25, 0.3) is 11.1 Å². The smallest absolute Gasteiger partial charge is 0.287 e. The average molecular weight is 430 g/mol. The van der Waals surface area contributed by atoms with Crippen LogP contribution in [-0.2, 0) is 0 Å². The molecule has 0 bridgehead atoms. The van der Waals surface area contributed by atoms with Crippen LogP contribution >= 0.6 is 0 Å². The maximum Gasteiger partial charge on any atom is 0.287 e. The molecule has 10 heteroatoms. The summed E-state index contributed by atoms with van der Waals surface area (Å²) in [6, 6.07) is 20.0. The standard InChI is InChI=1S/C22H14N4O6/c27-25(28)16-6-10-21(23-13-16)31-18-8-9-19(15-4-2-1-3-5-15)20(12-18)32-22-11-7-17(14-24-22)26(29)30/h1-14H. The summed E-state index contributed by atoms with van der Waals surface area (Å²) in [7, 11) is 0. The van der Waals surface area contributed by atoms with Crippen LogP contribution in [0.2, 0.25) is 0 Å². The molecule has 4 aromatic rings. The van der Waals surface area contributed by atoms with Crippen molar-refractivity contribution in [2.75, 3.05) is 0 Å². The molecular formula is C22H14N4O6. The van der Waals surface area contributed by atoms with Gasteiger partial charge in [0, 0.05) is 35.9 Å². The zero-order valence-electron chi connectivity index (χ0n) is 16.3. The lowest BCUT2D eigenvalue weighted by Crippen LogP contribution is -1.95. The molecule has 0 aliphatic carbocycles. The quantitative estimate of drug-likeness (QED) is 0.276. The second-order valence-electron chi connectivity index (χ2n) is 6.45. The fourth-order valence-electron chi connectivity index (χ4n) is 2.82. The molecule has 0 fully saturated rings. The molecule has 2 aromatic carbocycles. The SMILES string of the molecule is O=[N+]([O-])c1ccc(Oc2ccc(-c3ccccc3)c(Oc3ccc([N+](=O)[O-])cn3)c2)nc1. The van der Waals surface area contributed by atoms with E-state index < -0.39 is 9.85 Å². The number of nitrogens with zero attached hydrogens (tertiary/aromatic N) is 4. The van der Waals surface area contributed by atoms with Gasteiger partial charge in [-0.15, -0.1) is 0 Å². The first-order valence-electron chi connectivity index (χ1n) is 9.26. The van der Waals surface area contributed by atoms with Crippen molar-refractivity contribution in [1.29, 1.82) is 0 Å². The number of rotatable bonds is 7. The molecule has 0 N–H and O–H groups in total. The molecule has 0 unspecified atom stereocenters. The normalized spacial score (nSPS) is 10.4. The Morgan fingerprint density at radius 3 is 1.81 bits per heavy atom. The summed E-state index contributed by atoms with van der Waals surface area (Å²) in [6.07, 6.45) is 2.21. The molecule has 0 aliphatic heterocycles. The van der Waals surface area contributed by atoms with Gasteiger partial charge in [0.25, 0.3) is 11.4 Å². The van der Waals surface area contributed by atoms with Gasteiger partial charge in [-0.1, -0.05) is 30.3 Å². The third kappa shape index (κ3) is 4.65. The average Bonchev–Trinajstić information content (AvgIpc) is 2.80. The van der Waals surface area contributed by atoms with Crippen molar-refractivity contribution in [2.45, 2.75) is 0 Å². The Hall–Kier alpha value is -4.86. The molecular weight excluding hydrogens is 416 g/mol. The lowest BCUT2D eigenvalue weighted by Gasteiger charge is -2.13. The summed E-state index contributed by atoms with van der Waals surface area (Å²) in [5.74, 6) is 1.11. The molecule has 0 saturated carbocycles. The highest BCUT2D eigenvalue weighted by Gasteiger charge is 2.13. The van der Waals surface area contributed by atoms with Crippen LogP contribution in [0.5, 0.6) is 23.3 Å². The molecule has 0 radical (unpaired) electrons. The van der Waals surface area contributed by atoms with Crippen LogP contribution in [0.3, 0.4) is 0 Å². The number of nitro groups is 2. The van der Waals surface area contributed by atoms with E-state index >= 15 is 0 Å². The summed E-state index contributed by atoms with van der Waals surface area (Å²) in [5.41, 5.74) is 1.33. The number of benzene rings is 2. The Bertz CT molecular complexity index is 1260. The van der Waals surface area contributed by atoms with Crippen molar-refractivity contribution in [3.8, 4) is 34.4 Å². The fourth-order valence-corrected chi connectivity index (χ4v) is 2.82. The largest absolute Gasteiger partial charge is 0.439 e. The van der Waals surface area contributed by atoms with Crippen molar-refractivity contribution in [3.63, 3.8) is 0 Å². The van der Waals surface area contributed by atoms with Gasteiger partial charge in [-0.25, -0.2) is 9.97 Å². The minimum Gasteiger partial charge on any atom is -0.439 e. The van der Waals surface area contributed by atoms with Gasteiger partial charge in [0.15, 0.2) is 0 Å². The van der Waals surface area contributed by atoms with Crippen molar-refractivity contribution in [3.05, 3.63) is 105 Å². The van der Waals surface area contributed by atoms with Gasteiger partial charge in [0.2, 0.25) is 11.8 Å². The second kappa shape index (κ2) is 8.88. The molecule has 0 amide bonds. The van der Waals surface area contributed by atoms with Crippen molar-refractivity contribution >= 4 is 11.4 Å². The second-order valence-corrected chi connectivity index (χ2v) is 6.45. The Morgan fingerprint density at radius 1 is 0.688 bits per heavy atom. The van der Waals surface area contributed by atoms with Crippen LogP contribution in [0.1, 0.15) is 0 Å². The van der Waals surface area contributed by atoms with E-state index in [1.54, 1.807) is 18.2 Å². The van der Waals surface area contributed by atoms with Crippen LogP contribution in [-0.4, -0.2) is 19.8 Å². The number of aromatic nitrogens is 2. The van der Waals surface area contributed by atoms with Crippen molar-refractivity contribution < 1.29 is 19.3 Å². The first kappa shape index (κ1) is 20.4. The van der Waals surface area contributed by atoms with E-state index in [4.69, 9.17) is 9.47 Å². The third-order valence-corrected chi connectivity index (χ3v) is 4.34. The molecule has 0 aliphatic rings. The van der Waals surface area contributed by atoms with E-state index in [1.807, 2.05) is 30.3 Å². The zero-order chi connectivity index (χ0) is 22.5. The van der Waals surface area contributed by atoms with E-state index in [2.05, 4.69) is 9.97 Å². The molecule has 4 rings (SSSR count). The molecule has 32 heavy (non-hydrogen) atoms. The third-order valence-electron chi connectivity index (χ3n) is 4.34. The van der Waals surface area contributed by atoms with Crippen LogP contribution in [0, 0.1) is 20.2 Å². The van der Waals surface area contributed by atoms with Gasteiger partial charge in [-0.05, 0) is 17.7 Å². The maximum atomic E-state index is 10.9. The van der Waals surface area contributed by atoms with Gasteiger partial charge in [-0.3, -0.25) is 20.2 Å². The summed E-state index contributed by atoms with van der Waals surface area (Å²) < 4.78 is 11.6. The summed E-state index contributed by atoms with van der Waals surface area (Å²) in [6.45, 7) is 0. The molecule has 10 nitrogen and oxygen atoms in total. The highest BCUT2D eigenvalue weighted by molar-refractivity contribution is 5.72. The number of pyridine rings is 2. The Labute approximate surface area is 181 Å². The molecule has 0 saturated heterocycles. The molecule has 0 atom stereocenters. The van der Waals surface area contributed by atoms with Crippen molar-refractivity contribution in [2.24, 2.45) is 0 Å². The molecule has 0 spiro atoms. The van der Waals surface area contributed by atoms with Crippen LogP contribution < -0.4 is 9.47 Å². The minimum absolute atomic E-state index is 0.148. The van der Waals surface area contributed by atoms with Crippen molar-refractivity contribution in [1.82, 2.24) is 9.97 Å². The highest BCUT2D eigenvalue weighted by atomic mass is 16.6. The summed E-state index contributed by atoms with van der Waals surface area (Å²) in [5, 5.41) is 21.6.